The van der Waals surface area contributed by atoms with E-state index in [1.54, 1.807) is 18.6 Å². The Labute approximate surface area is 206 Å². The largest absolute Gasteiger partial charge is 0.493 e. The molecule has 0 unspecified atom stereocenters. The molecule has 2 aromatic heterocycles. The Hall–Kier alpha value is -3.80. The smallest absolute Gasteiger partial charge is 0.244 e. The number of carbonyl (C=O) groups is 1. The fourth-order valence-corrected chi connectivity index (χ4v) is 4.48. The predicted molar refractivity (Wildman–Crippen MR) is 141 cm³/mol. The predicted octanol–water partition coefficient (Wildman–Crippen LogP) is 6.23. The van der Waals surface area contributed by atoms with Crippen molar-refractivity contribution in [3.8, 4) is 16.9 Å². The molecule has 0 aliphatic carbocycles. The number of hydrogen-bond acceptors (Lipinski definition) is 4. The van der Waals surface area contributed by atoms with Crippen molar-refractivity contribution < 1.29 is 13.9 Å². The van der Waals surface area contributed by atoms with Crippen molar-refractivity contribution in [2.75, 3.05) is 13.2 Å². The van der Waals surface area contributed by atoms with Gasteiger partial charge in [0.05, 0.1) is 19.2 Å². The lowest BCUT2D eigenvalue weighted by Crippen LogP contribution is -2.23. The molecule has 0 aliphatic heterocycles. The van der Waals surface area contributed by atoms with Gasteiger partial charge in [0.15, 0.2) is 0 Å². The van der Waals surface area contributed by atoms with E-state index in [1.807, 2.05) is 37.8 Å². The molecule has 0 fully saturated rings. The molecular formula is C29H33N3O3. The molecule has 4 rings (SSSR count). The number of benzene rings is 2. The summed E-state index contributed by atoms with van der Waals surface area (Å²) in [6.07, 6.45) is 9.76. The van der Waals surface area contributed by atoms with Gasteiger partial charge in [-0.3, -0.25) is 4.79 Å². The van der Waals surface area contributed by atoms with Crippen molar-refractivity contribution in [1.82, 2.24) is 14.9 Å². The molecule has 0 aliphatic rings. The van der Waals surface area contributed by atoms with Gasteiger partial charge in [-0.05, 0) is 63.8 Å². The van der Waals surface area contributed by atoms with Crippen LogP contribution in [0.4, 0.5) is 0 Å². The standard InChI is InChI=1S/C29H33N3O3/c1-6-34-28-22(5)29-25(26(17-35-29)23-9-8-19(2)14-20(23)3)16-24(28)21(4)15-27(33)31-10-7-12-32-13-11-30-18-32/h8-9,11,13-18H,6-7,10,12H2,1-5H3,(H,31,33)/b21-15+. The number of carbonyl (C=O) groups excluding carboxylic acids is 1. The van der Waals surface area contributed by atoms with Crippen LogP contribution in [0.15, 0.2) is 59.7 Å². The molecule has 2 heterocycles. The van der Waals surface area contributed by atoms with Gasteiger partial charge in [0, 0.05) is 53.6 Å². The summed E-state index contributed by atoms with van der Waals surface area (Å²) in [4.78, 5) is 16.7. The summed E-state index contributed by atoms with van der Waals surface area (Å²) >= 11 is 0. The third-order valence-electron chi connectivity index (χ3n) is 6.23. The highest BCUT2D eigenvalue weighted by atomic mass is 16.5. The molecule has 0 atom stereocenters. The van der Waals surface area contributed by atoms with Gasteiger partial charge in [0.1, 0.15) is 11.3 Å². The Balaban J connectivity index is 1.64. The minimum Gasteiger partial charge on any atom is -0.493 e. The second kappa shape index (κ2) is 10.6. The molecule has 0 radical (unpaired) electrons. The molecule has 6 heteroatoms. The van der Waals surface area contributed by atoms with Gasteiger partial charge in [-0.2, -0.15) is 0 Å². The number of ether oxygens (including phenoxy) is 1. The topological polar surface area (TPSA) is 69.3 Å². The Morgan fingerprint density at radius 3 is 2.74 bits per heavy atom. The number of imidazole rings is 1. The summed E-state index contributed by atoms with van der Waals surface area (Å²) in [5.74, 6) is 0.637. The SMILES string of the molecule is CCOc1c(/C(C)=C/C(=O)NCCCn2ccnc2)cc2c(-c3ccc(C)cc3C)coc2c1C. The maximum absolute atomic E-state index is 12.7. The summed E-state index contributed by atoms with van der Waals surface area (Å²) in [6.45, 7) is 12.1. The van der Waals surface area contributed by atoms with Crippen LogP contribution in [0.5, 0.6) is 5.75 Å². The van der Waals surface area contributed by atoms with E-state index in [2.05, 4.69) is 48.4 Å². The van der Waals surface area contributed by atoms with E-state index >= 15 is 0 Å². The molecule has 0 spiro atoms. The lowest BCUT2D eigenvalue weighted by atomic mass is 9.94. The third-order valence-corrected chi connectivity index (χ3v) is 6.23. The summed E-state index contributed by atoms with van der Waals surface area (Å²) in [7, 11) is 0. The van der Waals surface area contributed by atoms with E-state index < -0.39 is 0 Å². The molecule has 182 valence electrons. The van der Waals surface area contributed by atoms with Gasteiger partial charge in [0.25, 0.3) is 0 Å². The van der Waals surface area contributed by atoms with Crippen molar-refractivity contribution in [2.45, 2.75) is 47.6 Å². The third kappa shape index (κ3) is 5.32. The molecule has 0 saturated heterocycles. The molecule has 2 aromatic carbocycles. The van der Waals surface area contributed by atoms with Gasteiger partial charge < -0.3 is 19.0 Å². The maximum atomic E-state index is 12.7. The number of hydrogen-bond donors (Lipinski definition) is 1. The van der Waals surface area contributed by atoms with Crippen LogP contribution in [-0.2, 0) is 11.3 Å². The number of amides is 1. The summed E-state index contributed by atoms with van der Waals surface area (Å²) in [5.41, 5.74) is 8.10. The van der Waals surface area contributed by atoms with Crippen LogP contribution >= 0.6 is 0 Å². The first-order valence-electron chi connectivity index (χ1n) is 12.1. The van der Waals surface area contributed by atoms with Gasteiger partial charge >= 0.3 is 0 Å². The number of rotatable bonds is 9. The van der Waals surface area contributed by atoms with Crippen molar-refractivity contribution >= 4 is 22.4 Å². The number of allylic oxidation sites excluding steroid dienone is 1. The average Bonchev–Trinajstić information content (AvgIpc) is 3.49. The van der Waals surface area contributed by atoms with Crippen LogP contribution in [0.2, 0.25) is 0 Å². The highest BCUT2D eigenvalue weighted by Crippen LogP contribution is 2.41. The quantitative estimate of drug-likeness (QED) is 0.232. The summed E-state index contributed by atoms with van der Waals surface area (Å²) in [5, 5.41) is 4.00. The van der Waals surface area contributed by atoms with Crippen molar-refractivity contribution in [3.05, 3.63) is 77.6 Å². The lowest BCUT2D eigenvalue weighted by Gasteiger charge is -2.15. The van der Waals surface area contributed by atoms with Gasteiger partial charge in [0.2, 0.25) is 5.91 Å². The number of nitrogens with one attached hydrogen (secondary N) is 1. The highest BCUT2D eigenvalue weighted by Gasteiger charge is 2.20. The monoisotopic (exact) mass is 471 g/mol. The van der Waals surface area contributed by atoms with E-state index in [0.29, 0.717) is 13.2 Å². The second-order valence-corrected chi connectivity index (χ2v) is 8.93. The number of aromatic nitrogens is 2. The average molecular weight is 472 g/mol. The molecule has 1 amide bonds. The molecule has 35 heavy (non-hydrogen) atoms. The fraction of sp³-hybridized carbons (Fsp3) is 0.310. The summed E-state index contributed by atoms with van der Waals surface area (Å²) in [6, 6.07) is 8.52. The minimum absolute atomic E-state index is 0.116. The number of nitrogens with zero attached hydrogens (tertiary/aromatic N) is 2. The number of aryl methyl sites for hydroxylation is 4. The van der Waals surface area contributed by atoms with E-state index in [0.717, 1.165) is 57.5 Å². The Bertz CT molecular complexity index is 1360. The Morgan fingerprint density at radius 1 is 1.20 bits per heavy atom. The summed E-state index contributed by atoms with van der Waals surface area (Å²) < 4.78 is 14.1. The molecular weight excluding hydrogens is 438 g/mol. The van der Waals surface area contributed by atoms with Crippen molar-refractivity contribution in [3.63, 3.8) is 0 Å². The van der Waals surface area contributed by atoms with Gasteiger partial charge in [-0.25, -0.2) is 4.98 Å². The van der Waals surface area contributed by atoms with Crippen LogP contribution in [0, 0.1) is 20.8 Å². The molecule has 6 nitrogen and oxygen atoms in total. The first-order valence-corrected chi connectivity index (χ1v) is 12.1. The number of fused-ring (bicyclic) bond motifs is 1. The minimum atomic E-state index is -0.116. The zero-order chi connectivity index (χ0) is 24.9. The molecule has 0 bridgehead atoms. The second-order valence-electron chi connectivity index (χ2n) is 8.93. The molecule has 0 saturated carbocycles. The van der Waals surface area contributed by atoms with E-state index in [4.69, 9.17) is 9.15 Å². The zero-order valence-corrected chi connectivity index (χ0v) is 21.1. The van der Waals surface area contributed by atoms with Crippen LogP contribution < -0.4 is 10.1 Å². The van der Waals surface area contributed by atoms with Crippen LogP contribution in [-0.4, -0.2) is 28.6 Å². The highest BCUT2D eigenvalue weighted by molar-refractivity contribution is 6.02. The van der Waals surface area contributed by atoms with Crippen LogP contribution in [0.1, 0.15) is 42.5 Å². The van der Waals surface area contributed by atoms with Gasteiger partial charge in [-0.15, -0.1) is 0 Å². The Kier molecular flexibility index (Phi) is 7.39. The first-order chi connectivity index (χ1) is 16.9. The fourth-order valence-electron chi connectivity index (χ4n) is 4.48. The normalized spacial score (nSPS) is 11.7. The Morgan fingerprint density at radius 2 is 2.03 bits per heavy atom. The van der Waals surface area contributed by atoms with Crippen molar-refractivity contribution in [2.24, 2.45) is 0 Å². The van der Waals surface area contributed by atoms with Crippen LogP contribution in [0.25, 0.3) is 27.7 Å². The first kappa shape index (κ1) is 24.3. The zero-order valence-electron chi connectivity index (χ0n) is 21.1. The van der Waals surface area contributed by atoms with Crippen LogP contribution in [0.3, 0.4) is 0 Å². The molecule has 1 N–H and O–H groups in total. The van der Waals surface area contributed by atoms with Crippen molar-refractivity contribution in [1.29, 1.82) is 0 Å². The van der Waals surface area contributed by atoms with Gasteiger partial charge in [-0.1, -0.05) is 23.8 Å². The molecule has 4 aromatic rings. The van der Waals surface area contributed by atoms with E-state index in [-0.39, 0.29) is 5.91 Å². The number of furan rings is 1. The van der Waals surface area contributed by atoms with E-state index in [1.165, 1.54) is 11.1 Å². The van der Waals surface area contributed by atoms with E-state index in [9.17, 15) is 4.79 Å². The maximum Gasteiger partial charge on any atom is 0.244 e. The lowest BCUT2D eigenvalue weighted by molar-refractivity contribution is -0.116.